The maximum Gasteiger partial charge on any atom is 0.133 e. The van der Waals surface area contributed by atoms with Crippen molar-refractivity contribution in [1.82, 2.24) is 0 Å². The molecule has 1 nitrogen and oxygen atoms in total. The summed E-state index contributed by atoms with van der Waals surface area (Å²) in [5, 5.41) is 0. The Hall–Kier alpha value is -0.330. The summed E-state index contributed by atoms with van der Waals surface area (Å²) in [4.78, 5) is 11.0. The van der Waals surface area contributed by atoms with Crippen molar-refractivity contribution < 1.29 is 4.79 Å². The molecule has 1 fully saturated rings. The van der Waals surface area contributed by atoms with Crippen LogP contribution < -0.4 is 0 Å². The Bertz CT molecular complexity index is 140. The van der Waals surface area contributed by atoms with Crippen LogP contribution in [-0.4, -0.2) is 5.78 Å². The van der Waals surface area contributed by atoms with E-state index in [1.165, 1.54) is 12.8 Å². The SMILES string of the molecule is CCCC1CCC(=O)CC1C. The largest absolute Gasteiger partial charge is 0.300 e. The molecule has 0 aromatic carbocycles. The fourth-order valence-electron chi connectivity index (χ4n) is 2.06. The van der Waals surface area contributed by atoms with Crippen molar-refractivity contribution in [2.24, 2.45) is 11.8 Å². The van der Waals surface area contributed by atoms with E-state index in [-0.39, 0.29) is 0 Å². The van der Waals surface area contributed by atoms with E-state index in [2.05, 4.69) is 13.8 Å². The summed E-state index contributed by atoms with van der Waals surface area (Å²) in [7, 11) is 0. The van der Waals surface area contributed by atoms with Gasteiger partial charge in [0.25, 0.3) is 0 Å². The summed E-state index contributed by atoms with van der Waals surface area (Å²) in [6.07, 6.45) is 5.41. The van der Waals surface area contributed by atoms with Crippen molar-refractivity contribution >= 4 is 5.78 Å². The van der Waals surface area contributed by atoms with Crippen molar-refractivity contribution in [3.8, 4) is 0 Å². The maximum absolute atomic E-state index is 11.0. The predicted octanol–water partition coefficient (Wildman–Crippen LogP) is 2.79. The monoisotopic (exact) mass is 154 g/mol. The van der Waals surface area contributed by atoms with Crippen LogP contribution in [-0.2, 0) is 4.79 Å². The molecule has 0 aliphatic heterocycles. The number of rotatable bonds is 2. The maximum atomic E-state index is 11.0. The van der Waals surface area contributed by atoms with Crippen molar-refractivity contribution in [2.45, 2.75) is 46.0 Å². The number of carbonyl (C=O) groups is 1. The van der Waals surface area contributed by atoms with Crippen molar-refractivity contribution in [2.75, 3.05) is 0 Å². The topological polar surface area (TPSA) is 17.1 Å². The summed E-state index contributed by atoms with van der Waals surface area (Å²) in [6.45, 7) is 4.44. The molecule has 2 atom stereocenters. The standard InChI is InChI=1S/C10H18O/c1-3-4-9-5-6-10(11)7-8(9)2/h8-9H,3-7H2,1-2H3. The molecule has 0 amide bonds. The fraction of sp³-hybridized carbons (Fsp3) is 0.900. The van der Waals surface area contributed by atoms with Crippen LogP contribution >= 0.6 is 0 Å². The summed E-state index contributed by atoms with van der Waals surface area (Å²) < 4.78 is 0. The molecule has 1 aliphatic rings. The molecule has 0 aromatic heterocycles. The highest BCUT2D eigenvalue weighted by Crippen LogP contribution is 2.30. The Morgan fingerprint density at radius 2 is 2.27 bits per heavy atom. The first-order valence-electron chi connectivity index (χ1n) is 4.75. The average Bonchev–Trinajstić information content (AvgIpc) is 1.95. The van der Waals surface area contributed by atoms with Crippen LogP contribution in [0.15, 0.2) is 0 Å². The van der Waals surface area contributed by atoms with Crippen LogP contribution in [0.5, 0.6) is 0 Å². The number of hydrogen-bond acceptors (Lipinski definition) is 1. The minimum atomic E-state index is 0.477. The molecule has 0 aromatic rings. The van der Waals surface area contributed by atoms with Gasteiger partial charge in [0.15, 0.2) is 0 Å². The lowest BCUT2D eigenvalue weighted by Crippen LogP contribution is -2.22. The molecule has 2 unspecified atom stereocenters. The van der Waals surface area contributed by atoms with Gasteiger partial charge in [-0.1, -0.05) is 26.7 Å². The predicted molar refractivity (Wildman–Crippen MR) is 46.4 cm³/mol. The second kappa shape index (κ2) is 3.89. The van der Waals surface area contributed by atoms with E-state index in [9.17, 15) is 4.79 Å². The fourth-order valence-corrected chi connectivity index (χ4v) is 2.06. The third kappa shape index (κ3) is 2.32. The highest BCUT2D eigenvalue weighted by Gasteiger charge is 2.24. The van der Waals surface area contributed by atoms with Gasteiger partial charge in [0.2, 0.25) is 0 Å². The van der Waals surface area contributed by atoms with Gasteiger partial charge in [-0.2, -0.15) is 0 Å². The zero-order chi connectivity index (χ0) is 8.27. The molecule has 0 saturated heterocycles. The first kappa shape index (κ1) is 8.76. The van der Waals surface area contributed by atoms with Gasteiger partial charge in [0.1, 0.15) is 5.78 Å². The molecule has 1 heteroatoms. The van der Waals surface area contributed by atoms with Gasteiger partial charge >= 0.3 is 0 Å². The van der Waals surface area contributed by atoms with Crippen LogP contribution in [0, 0.1) is 11.8 Å². The second-order valence-corrected chi connectivity index (χ2v) is 3.81. The van der Waals surface area contributed by atoms with E-state index in [1.807, 2.05) is 0 Å². The van der Waals surface area contributed by atoms with Crippen LogP contribution in [0.2, 0.25) is 0 Å². The lowest BCUT2D eigenvalue weighted by atomic mass is 9.78. The summed E-state index contributed by atoms with van der Waals surface area (Å²) in [5.41, 5.74) is 0. The summed E-state index contributed by atoms with van der Waals surface area (Å²) in [6, 6.07) is 0. The van der Waals surface area contributed by atoms with E-state index < -0.39 is 0 Å². The average molecular weight is 154 g/mol. The highest BCUT2D eigenvalue weighted by atomic mass is 16.1. The van der Waals surface area contributed by atoms with Crippen molar-refractivity contribution in [3.63, 3.8) is 0 Å². The minimum absolute atomic E-state index is 0.477. The Morgan fingerprint density at radius 3 is 2.82 bits per heavy atom. The summed E-state index contributed by atoms with van der Waals surface area (Å²) >= 11 is 0. The molecular weight excluding hydrogens is 136 g/mol. The summed E-state index contributed by atoms with van der Waals surface area (Å²) in [5.74, 6) is 1.96. The number of ketones is 1. The molecule has 11 heavy (non-hydrogen) atoms. The lowest BCUT2D eigenvalue weighted by molar-refractivity contribution is -0.122. The van der Waals surface area contributed by atoms with Gasteiger partial charge in [0, 0.05) is 12.8 Å². The quantitative estimate of drug-likeness (QED) is 0.597. The van der Waals surface area contributed by atoms with E-state index in [0.717, 1.165) is 25.2 Å². The Balaban J connectivity index is 2.37. The molecule has 1 aliphatic carbocycles. The minimum Gasteiger partial charge on any atom is -0.300 e. The smallest absolute Gasteiger partial charge is 0.133 e. The molecule has 0 radical (unpaired) electrons. The molecule has 0 heterocycles. The van der Waals surface area contributed by atoms with Gasteiger partial charge in [-0.3, -0.25) is 4.79 Å². The third-order valence-electron chi connectivity index (χ3n) is 2.81. The molecule has 0 spiro atoms. The zero-order valence-electron chi connectivity index (χ0n) is 7.60. The molecular formula is C10H18O. The second-order valence-electron chi connectivity index (χ2n) is 3.81. The van der Waals surface area contributed by atoms with E-state index in [4.69, 9.17) is 0 Å². The van der Waals surface area contributed by atoms with E-state index in [1.54, 1.807) is 0 Å². The molecule has 1 rings (SSSR count). The Kier molecular flexibility index (Phi) is 3.10. The first-order chi connectivity index (χ1) is 5.24. The van der Waals surface area contributed by atoms with Crippen LogP contribution in [0.1, 0.15) is 46.0 Å². The number of hydrogen-bond donors (Lipinski definition) is 0. The molecule has 0 bridgehead atoms. The van der Waals surface area contributed by atoms with Gasteiger partial charge in [-0.15, -0.1) is 0 Å². The van der Waals surface area contributed by atoms with Crippen molar-refractivity contribution in [1.29, 1.82) is 0 Å². The Labute approximate surface area is 69.2 Å². The third-order valence-corrected chi connectivity index (χ3v) is 2.81. The normalized spacial score (nSPS) is 32.4. The van der Waals surface area contributed by atoms with Crippen LogP contribution in [0.25, 0.3) is 0 Å². The van der Waals surface area contributed by atoms with Gasteiger partial charge in [0.05, 0.1) is 0 Å². The molecule has 64 valence electrons. The van der Waals surface area contributed by atoms with E-state index >= 15 is 0 Å². The van der Waals surface area contributed by atoms with Crippen molar-refractivity contribution in [3.05, 3.63) is 0 Å². The van der Waals surface area contributed by atoms with Gasteiger partial charge in [-0.25, -0.2) is 0 Å². The van der Waals surface area contributed by atoms with Crippen LogP contribution in [0.3, 0.4) is 0 Å². The first-order valence-corrected chi connectivity index (χ1v) is 4.75. The zero-order valence-corrected chi connectivity index (χ0v) is 7.60. The van der Waals surface area contributed by atoms with Gasteiger partial charge < -0.3 is 0 Å². The van der Waals surface area contributed by atoms with Crippen LogP contribution in [0.4, 0.5) is 0 Å². The Morgan fingerprint density at radius 1 is 1.55 bits per heavy atom. The van der Waals surface area contributed by atoms with E-state index in [0.29, 0.717) is 11.7 Å². The lowest BCUT2D eigenvalue weighted by Gasteiger charge is -2.27. The molecule has 0 N–H and O–H groups in total. The van der Waals surface area contributed by atoms with Gasteiger partial charge in [-0.05, 0) is 18.3 Å². The number of Topliss-reactive ketones (excluding diaryl/α,β-unsaturated/α-hetero) is 1. The molecule has 1 saturated carbocycles. The number of carbonyl (C=O) groups excluding carboxylic acids is 1. The highest BCUT2D eigenvalue weighted by molar-refractivity contribution is 5.79.